The van der Waals surface area contributed by atoms with Crippen LogP contribution in [0.3, 0.4) is 0 Å². The van der Waals surface area contributed by atoms with Crippen molar-refractivity contribution < 1.29 is 4.74 Å². The Morgan fingerprint density at radius 3 is 2.41 bits per heavy atom. The zero-order chi connectivity index (χ0) is 12.8. The first-order valence-corrected chi connectivity index (χ1v) is 6.44. The first-order valence-electron chi connectivity index (χ1n) is 5.31. The van der Waals surface area contributed by atoms with Gasteiger partial charge in [-0.15, -0.1) is 0 Å². The third kappa shape index (κ3) is 4.90. The molecule has 6 heteroatoms. The topological polar surface area (TPSA) is 47.3 Å². The van der Waals surface area contributed by atoms with E-state index in [9.17, 15) is 0 Å². The van der Waals surface area contributed by atoms with Gasteiger partial charge in [-0.05, 0) is 18.6 Å². The summed E-state index contributed by atoms with van der Waals surface area (Å²) in [6, 6.07) is 3.19. The van der Waals surface area contributed by atoms with Crippen molar-refractivity contribution in [3.63, 3.8) is 0 Å². The van der Waals surface area contributed by atoms with Crippen LogP contribution in [0.1, 0.15) is 13.3 Å². The molecule has 0 spiro atoms. The Morgan fingerprint density at radius 1 is 1.29 bits per heavy atom. The van der Waals surface area contributed by atoms with Gasteiger partial charge in [0.2, 0.25) is 0 Å². The summed E-state index contributed by atoms with van der Waals surface area (Å²) in [4.78, 5) is 0. The van der Waals surface area contributed by atoms with E-state index in [1.807, 2.05) is 6.92 Å². The molecule has 0 aliphatic carbocycles. The number of nitrogens with two attached hydrogens (primary N) is 1. The summed E-state index contributed by atoms with van der Waals surface area (Å²) >= 11 is 17.7. The monoisotopic (exact) mass is 296 g/mol. The van der Waals surface area contributed by atoms with Crippen molar-refractivity contribution in [3.05, 3.63) is 27.2 Å². The van der Waals surface area contributed by atoms with Crippen molar-refractivity contribution in [2.75, 3.05) is 13.2 Å². The van der Waals surface area contributed by atoms with Gasteiger partial charge in [-0.25, -0.2) is 0 Å². The lowest BCUT2D eigenvalue weighted by atomic mass is 10.3. The molecule has 96 valence electrons. The quantitative estimate of drug-likeness (QED) is 0.625. The van der Waals surface area contributed by atoms with Gasteiger partial charge < -0.3 is 10.5 Å². The van der Waals surface area contributed by atoms with Gasteiger partial charge in [0, 0.05) is 11.6 Å². The summed E-state index contributed by atoms with van der Waals surface area (Å²) < 4.78 is 5.48. The second kappa shape index (κ2) is 7.29. The first kappa shape index (κ1) is 14.9. The molecule has 0 radical (unpaired) electrons. The van der Waals surface area contributed by atoms with Crippen LogP contribution in [0.15, 0.2) is 12.1 Å². The van der Waals surface area contributed by atoms with Crippen LogP contribution in [0.2, 0.25) is 15.1 Å². The molecule has 0 saturated carbocycles. The van der Waals surface area contributed by atoms with Gasteiger partial charge in [0.1, 0.15) is 6.61 Å². The molecule has 1 aromatic carbocycles. The molecule has 0 saturated heterocycles. The summed E-state index contributed by atoms with van der Waals surface area (Å²) in [7, 11) is 0. The largest absolute Gasteiger partial charge is 0.489 e. The highest BCUT2D eigenvalue weighted by Crippen LogP contribution is 2.35. The molecule has 1 unspecified atom stereocenters. The number of hydrogen-bond donors (Lipinski definition) is 2. The molecular formula is C11H15Cl3N2O. The first-order chi connectivity index (χ1) is 8.04. The van der Waals surface area contributed by atoms with Crippen LogP contribution in [0.4, 0.5) is 0 Å². The van der Waals surface area contributed by atoms with Gasteiger partial charge in [-0.1, -0.05) is 41.7 Å². The second-order valence-electron chi connectivity index (χ2n) is 3.52. The van der Waals surface area contributed by atoms with Crippen LogP contribution in [0.25, 0.3) is 0 Å². The van der Waals surface area contributed by atoms with Gasteiger partial charge in [0.15, 0.2) is 5.75 Å². The fourth-order valence-corrected chi connectivity index (χ4v) is 2.13. The summed E-state index contributed by atoms with van der Waals surface area (Å²) in [6.07, 6.45) is 0.845. The van der Waals surface area contributed by atoms with E-state index < -0.39 is 0 Å². The molecule has 17 heavy (non-hydrogen) atoms. The van der Waals surface area contributed by atoms with Crippen LogP contribution >= 0.6 is 34.8 Å². The molecule has 3 nitrogen and oxygen atoms in total. The number of rotatable bonds is 6. The lowest BCUT2D eigenvalue weighted by Gasteiger charge is -2.13. The van der Waals surface area contributed by atoms with Gasteiger partial charge in [-0.3, -0.25) is 5.32 Å². The van der Waals surface area contributed by atoms with E-state index in [1.54, 1.807) is 12.1 Å². The number of benzene rings is 1. The smallest absolute Gasteiger partial charge is 0.156 e. The highest BCUT2D eigenvalue weighted by molar-refractivity contribution is 6.40. The molecule has 1 atom stereocenters. The highest BCUT2D eigenvalue weighted by Gasteiger charge is 2.09. The zero-order valence-electron chi connectivity index (χ0n) is 9.47. The average Bonchev–Trinajstić information content (AvgIpc) is 2.26. The van der Waals surface area contributed by atoms with Crippen molar-refractivity contribution in [1.82, 2.24) is 5.32 Å². The molecule has 0 amide bonds. The van der Waals surface area contributed by atoms with Crippen LogP contribution in [0.5, 0.6) is 5.75 Å². The van der Waals surface area contributed by atoms with Gasteiger partial charge >= 0.3 is 0 Å². The van der Waals surface area contributed by atoms with Gasteiger partial charge in [0.25, 0.3) is 0 Å². The number of halogens is 3. The molecule has 1 aromatic rings. The summed E-state index contributed by atoms with van der Waals surface area (Å²) in [5.41, 5.74) is 5.70. The Balaban J connectivity index is 2.47. The normalized spacial score (nSPS) is 12.5. The maximum atomic E-state index is 5.96. The maximum absolute atomic E-state index is 5.96. The number of ether oxygens (including phenoxy) is 1. The third-order valence-corrected chi connectivity index (χ3v) is 2.94. The van der Waals surface area contributed by atoms with Crippen molar-refractivity contribution in [3.8, 4) is 5.75 Å². The molecule has 0 aliphatic rings. The predicted octanol–water partition coefficient (Wildman–Crippen LogP) is 3.31. The average molecular weight is 298 g/mol. The number of nitrogens with one attached hydrogen (secondary N) is 1. The SMILES string of the molecule is CCC(N)NCCOc1c(Cl)cc(Cl)cc1Cl. The van der Waals surface area contributed by atoms with Crippen LogP contribution in [-0.4, -0.2) is 19.3 Å². The van der Waals surface area contributed by atoms with E-state index in [2.05, 4.69) is 5.32 Å². The summed E-state index contributed by atoms with van der Waals surface area (Å²) in [5.74, 6) is 0.449. The lowest BCUT2D eigenvalue weighted by molar-refractivity contribution is 0.305. The van der Waals surface area contributed by atoms with Crippen molar-refractivity contribution in [2.24, 2.45) is 5.73 Å². The maximum Gasteiger partial charge on any atom is 0.156 e. The predicted molar refractivity (Wildman–Crippen MR) is 73.2 cm³/mol. The van der Waals surface area contributed by atoms with Gasteiger partial charge in [-0.2, -0.15) is 0 Å². The fourth-order valence-electron chi connectivity index (χ4n) is 1.21. The minimum atomic E-state index is -0.0187. The van der Waals surface area contributed by atoms with E-state index in [-0.39, 0.29) is 6.17 Å². The third-order valence-electron chi connectivity index (χ3n) is 2.16. The van der Waals surface area contributed by atoms with E-state index in [1.165, 1.54) is 0 Å². The summed E-state index contributed by atoms with van der Waals surface area (Å²) in [5, 5.41) is 4.39. The van der Waals surface area contributed by atoms with Crippen LogP contribution < -0.4 is 15.8 Å². The van der Waals surface area contributed by atoms with E-state index >= 15 is 0 Å². The molecular weight excluding hydrogens is 282 g/mol. The van der Waals surface area contributed by atoms with E-state index in [0.717, 1.165) is 6.42 Å². The molecule has 0 bridgehead atoms. The minimum absolute atomic E-state index is 0.0187. The standard InChI is InChI=1S/C11H15Cl3N2O/c1-2-10(15)16-3-4-17-11-8(13)5-7(12)6-9(11)14/h5-6,10,16H,2-4,15H2,1H3. The van der Waals surface area contributed by atoms with E-state index in [4.69, 9.17) is 45.3 Å². The Hall–Kier alpha value is -0.190. The zero-order valence-corrected chi connectivity index (χ0v) is 11.7. The van der Waals surface area contributed by atoms with Crippen LogP contribution in [-0.2, 0) is 0 Å². The van der Waals surface area contributed by atoms with E-state index in [0.29, 0.717) is 34.0 Å². The fraction of sp³-hybridized carbons (Fsp3) is 0.455. The highest BCUT2D eigenvalue weighted by atomic mass is 35.5. The molecule has 1 rings (SSSR count). The minimum Gasteiger partial charge on any atom is -0.489 e. The molecule has 0 fully saturated rings. The van der Waals surface area contributed by atoms with Crippen molar-refractivity contribution in [2.45, 2.75) is 19.5 Å². The molecule has 0 aromatic heterocycles. The Morgan fingerprint density at radius 2 is 1.88 bits per heavy atom. The van der Waals surface area contributed by atoms with Crippen LogP contribution in [0, 0.1) is 0 Å². The second-order valence-corrected chi connectivity index (χ2v) is 4.77. The molecule has 3 N–H and O–H groups in total. The van der Waals surface area contributed by atoms with Crippen molar-refractivity contribution in [1.29, 1.82) is 0 Å². The Kier molecular flexibility index (Phi) is 6.38. The van der Waals surface area contributed by atoms with Gasteiger partial charge in [0.05, 0.1) is 16.2 Å². The Bertz CT molecular complexity index is 351. The van der Waals surface area contributed by atoms with Crippen molar-refractivity contribution >= 4 is 34.8 Å². The molecule has 0 heterocycles. The summed E-state index contributed by atoms with van der Waals surface area (Å²) in [6.45, 7) is 3.07. The lowest BCUT2D eigenvalue weighted by Crippen LogP contribution is -2.38. The molecule has 0 aliphatic heterocycles. The number of hydrogen-bond acceptors (Lipinski definition) is 3. The Labute approximate surface area is 116 Å².